The molecule has 0 aliphatic heterocycles. The fourth-order valence-corrected chi connectivity index (χ4v) is 0.808. The highest BCUT2D eigenvalue weighted by atomic mass is 16.8. The van der Waals surface area contributed by atoms with Crippen molar-refractivity contribution in [3.8, 4) is 0 Å². The van der Waals surface area contributed by atoms with Crippen LogP contribution in [0.15, 0.2) is 5.28 Å². The second-order valence-corrected chi connectivity index (χ2v) is 3.30. The van der Waals surface area contributed by atoms with Gasteiger partial charge in [0.05, 0.1) is 11.0 Å². The van der Waals surface area contributed by atoms with Crippen molar-refractivity contribution in [2.45, 2.75) is 26.8 Å². The molecule has 0 unspecified atom stereocenters. The lowest BCUT2D eigenvalue weighted by Crippen LogP contribution is -2.40. The molecule has 0 rings (SSSR count). The number of aliphatic carboxylic acids is 1. The molecule has 9 heteroatoms. The van der Waals surface area contributed by atoms with Crippen LogP contribution in [0.3, 0.4) is 0 Å². The van der Waals surface area contributed by atoms with Gasteiger partial charge >= 0.3 is 11.9 Å². The summed E-state index contributed by atoms with van der Waals surface area (Å²) in [4.78, 5) is 25.2. The molecule has 0 radical (unpaired) electrons. The number of hydrogen-bond acceptors (Lipinski definition) is 6. The fraction of sp³-hybridized carbons (Fsp3) is 0.750. The van der Waals surface area contributed by atoms with Gasteiger partial charge in [-0.3, -0.25) is 9.59 Å². The number of rotatable bonds is 7. The summed E-state index contributed by atoms with van der Waals surface area (Å²) in [6.45, 7) is 3.39. The topological polar surface area (TPSA) is 114 Å². The first-order valence-electron chi connectivity index (χ1n) is 4.76. The van der Waals surface area contributed by atoms with Gasteiger partial charge in [-0.05, 0) is 13.8 Å². The molecular formula is C8H15N3O6. The number of carboxylic acid groups (broad SMARTS) is 1. The largest absolute Gasteiger partial charge is 0.569 e. The van der Waals surface area contributed by atoms with Crippen LogP contribution in [0, 0.1) is 5.21 Å². The Hall–Kier alpha value is -2.06. The van der Waals surface area contributed by atoms with E-state index in [1.165, 1.54) is 6.92 Å². The van der Waals surface area contributed by atoms with Gasteiger partial charge in [0.15, 0.2) is 6.54 Å². The monoisotopic (exact) mass is 249 g/mol. The Bertz CT molecular complexity index is 304. The summed E-state index contributed by atoms with van der Waals surface area (Å²) in [6, 6.07) is -0.371. The number of hydrazine groups is 1. The first-order chi connectivity index (χ1) is 7.84. The molecule has 1 N–H and O–H groups in total. The zero-order chi connectivity index (χ0) is 13.4. The van der Waals surface area contributed by atoms with E-state index in [0.29, 0.717) is 0 Å². The zero-order valence-corrected chi connectivity index (χ0v) is 9.82. The maximum atomic E-state index is 11.3. The molecule has 0 heterocycles. The van der Waals surface area contributed by atoms with E-state index in [4.69, 9.17) is 5.11 Å². The lowest BCUT2D eigenvalue weighted by molar-refractivity contribution is -0.716. The third-order valence-corrected chi connectivity index (χ3v) is 1.56. The highest BCUT2D eigenvalue weighted by molar-refractivity contribution is 5.68. The van der Waals surface area contributed by atoms with Gasteiger partial charge in [0.25, 0.3) is 6.79 Å². The van der Waals surface area contributed by atoms with Crippen molar-refractivity contribution in [3.63, 3.8) is 0 Å². The molecule has 0 spiro atoms. The summed E-state index contributed by atoms with van der Waals surface area (Å²) in [5, 5.41) is 23.8. The summed E-state index contributed by atoms with van der Waals surface area (Å²) in [6.07, 6.45) is 0. The van der Waals surface area contributed by atoms with E-state index in [1.54, 1.807) is 13.8 Å². The van der Waals surface area contributed by atoms with Crippen LogP contribution in [-0.4, -0.2) is 46.4 Å². The molecule has 0 aliphatic rings. The number of carboxylic acids is 1. The number of hydrogen-bond donors (Lipinski definition) is 1. The van der Waals surface area contributed by atoms with Crippen molar-refractivity contribution in [3.05, 3.63) is 5.21 Å². The highest BCUT2D eigenvalue weighted by Crippen LogP contribution is 1.99. The number of esters is 1. The third-order valence-electron chi connectivity index (χ3n) is 1.56. The summed E-state index contributed by atoms with van der Waals surface area (Å²) >= 11 is 0. The van der Waals surface area contributed by atoms with Crippen LogP contribution in [0.4, 0.5) is 0 Å². The first kappa shape index (κ1) is 14.9. The molecule has 0 aromatic rings. The molecule has 0 saturated carbocycles. The van der Waals surface area contributed by atoms with Gasteiger partial charge in [-0.25, -0.2) is 0 Å². The smallest absolute Gasteiger partial charge is 0.329 e. The minimum absolute atomic E-state index is 0.00226. The maximum Gasteiger partial charge on any atom is 0.329 e. The van der Waals surface area contributed by atoms with E-state index >= 15 is 0 Å². The second-order valence-electron chi connectivity index (χ2n) is 3.30. The van der Waals surface area contributed by atoms with Gasteiger partial charge in [0, 0.05) is 6.92 Å². The Balaban J connectivity index is 4.29. The van der Waals surface area contributed by atoms with Crippen molar-refractivity contribution in [1.82, 2.24) is 5.01 Å². The van der Waals surface area contributed by atoms with Crippen LogP contribution < -0.4 is 0 Å². The van der Waals surface area contributed by atoms with Gasteiger partial charge in [0.1, 0.15) is 0 Å². The zero-order valence-electron chi connectivity index (χ0n) is 9.82. The van der Waals surface area contributed by atoms with E-state index in [0.717, 1.165) is 5.01 Å². The van der Waals surface area contributed by atoms with Gasteiger partial charge < -0.3 is 19.9 Å². The van der Waals surface area contributed by atoms with Crippen LogP contribution in [0.1, 0.15) is 20.8 Å². The van der Waals surface area contributed by atoms with Crippen molar-refractivity contribution < 1.29 is 29.2 Å². The minimum atomic E-state index is -1.17. The molecule has 0 saturated heterocycles. The average molecular weight is 249 g/mol. The third kappa shape index (κ3) is 6.93. The van der Waals surface area contributed by atoms with Crippen molar-refractivity contribution >= 4 is 11.9 Å². The van der Waals surface area contributed by atoms with E-state index in [9.17, 15) is 14.8 Å². The molecule has 0 amide bonds. The second kappa shape index (κ2) is 7.25. The first-order valence-corrected chi connectivity index (χ1v) is 4.76. The standard InChI is InChI=1S/C8H15N3O6/c1-6(2)10(4-8(13)14)11(15)9-17-5-16-7(3)12/h6H,4-5H2,1-3H3,(H,13,14)/b11-9-. The van der Waals surface area contributed by atoms with Gasteiger partial charge in [-0.1, -0.05) is 0 Å². The Morgan fingerprint density at radius 2 is 2.12 bits per heavy atom. The molecule has 0 aromatic carbocycles. The molecule has 9 nitrogen and oxygen atoms in total. The number of carbonyl (C=O) groups is 2. The Morgan fingerprint density at radius 1 is 1.53 bits per heavy atom. The predicted octanol–water partition coefficient (Wildman–Crippen LogP) is 0.111. The fourth-order valence-electron chi connectivity index (χ4n) is 0.808. The van der Waals surface area contributed by atoms with Gasteiger partial charge in [0.2, 0.25) is 5.28 Å². The number of carbonyl (C=O) groups excluding carboxylic acids is 1. The van der Waals surface area contributed by atoms with Gasteiger partial charge in [-0.15, -0.1) is 5.01 Å². The minimum Gasteiger partial charge on any atom is -0.569 e. The van der Waals surface area contributed by atoms with Crippen LogP contribution in [0.25, 0.3) is 0 Å². The van der Waals surface area contributed by atoms with Gasteiger partial charge in [-0.2, -0.15) is 0 Å². The summed E-state index contributed by atoms with van der Waals surface area (Å²) in [5.74, 6) is -1.75. The van der Waals surface area contributed by atoms with Crippen LogP contribution in [0.2, 0.25) is 0 Å². The van der Waals surface area contributed by atoms with E-state index in [2.05, 4.69) is 14.9 Å². The van der Waals surface area contributed by atoms with E-state index in [-0.39, 0.29) is 11.0 Å². The Labute approximate surface area is 97.7 Å². The molecule has 0 atom stereocenters. The van der Waals surface area contributed by atoms with Crippen molar-refractivity contribution in [1.29, 1.82) is 0 Å². The Kier molecular flexibility index (Phi) is 6.37. The van der Waals surface area contributed by atoms with Crippen LogP contribution >= 0.6 is 0 Å². The lowest BCUT2D eigenvalue weighted by Gasteiger charge is -2.19. The summed E-state index contributed by atoms with van der Waals surface area (Å²) < 4.78 is 4.36. The summed E-state index contributed by atoms with van der Waals surface area (Å²) in [7, 11) is 0. The Morgan fingerprint density at radius 3 is 2.53 bits per heavy atom. The van der Waals surface area contributed by atoms with Crippen molar-refractivity contribution in [2.75, 3.05) is 13.3 Å². The van der Waals surface area contributed by atoms with E-state index in [1.807, 2.05) is 0 Å². The van der Waals surface area contributed by atoms with E-state index < -0.39 is 25.3 Å². The molecule has 0 aromatic heterocycles. The molecule has 0 aliphatic carbocycles. The van der Waals surface area contributed by atoms with Crippen molar-refractivity contribution in [2.24, 2.45) is 5.28 Å². The lowest BCUT2D eigenvalue weighted by atomic mass is 10.4. The molecule has 0 fully saturated rings. The molecular weight excluding hydrogens is 234 g/mol. The number of nitrogens with zero attached hydrogens (tertiary/aromatic N) is 3. The normalized spacial score (nSPS) is 11.2. The molecule has 0 bridgehead atoms. The molecule has 98 valence electrons. The SMILES string of the molecule is CC(=O)OCO/N=[N+](\[O-])N(CC(=O)O)C(C)C. The number of ether oxygens (including phenoxy) is 1. The quantitative estimate of drug-likeness (QED) is 0.170. The van der Waals surface area contributed by atoms with Crippen LogP contribution in [0.5, 0.6) is 0 Å². The molecule has 17 heavy (non-hydrogen) atoms. The maximum absolute atomic E-state index is 11.3. The highest BCUT2D eigenvalue weighted by Gasteiger charge is 2.21. The van der Waals surface area contributed by atoms with Crippen LogP contribution in [-0.2, 0) is 19.2 Å². The predicted molar refractivity (Wildman–Crippen MR) is 53.3 cm³/mol. The average Bonchev–Trinajstić information content (AvgIpc) is 2.19. The summed E-state index contributed by atoms with van der Waals surface area (Å²) in [5.41, 5.74) is 0.